The lowest BCUT2D eigenvalue weighted by Gasteiger charge is -2.38. The quantitative estimate of drug-likeness (QED) is 0.448. The molecule has 1 spiro atoms. The molecule has 0 radical (unpaired) electrons. The third kappa shape index (κ3) is 2.51. The first-order chi connectivity index (χ1) is 15.7. The van der Waals surface area contributed by atoms with E-state index < -0.39 is 5.60 Å². The number of rotatable bonds is 0. The van der Waals surface area contributed by atoms with Gasteiger partial charge in [0.2, 0.25) is 0 Å². The maximum atomic E-state index is 12.4. The van der Waals surface area contributed by atoms with Crippen molar-refractivity contribution < 1.29 is 9.53 Å². The highest BCUT2D eigenvalue weighted by atomic mass is 16.6. The van der Waals surface area contributed by atoms with Crippen LogP contribution in [0.4, 0.5) is 0 Å². The fraction of sp³-hybridized carbons (Fsp3) is 0.345. The zero-order chi connectivity index (χ0) is 21.3. The molecule has 0 N–H and O–H groups in total. The number of benzene rings is 2. The summed E-state index contributed by atoms with van der Waals surface area (Å²) < 4.78 is 6.05. The number of fused-ring (bicyclic) bond motifs is 6. The number of esters is 1. The third-order valence-corrected chi connectivity index (χ3v) is 8.05. The van der Waals surface area contributed by atoms with Gasteiger partial charge in [0.05, 0.1) is 6.04 Å². The molecular formula is C29H25NO2. The molecule has 0 saturated carbocycles. The van der Waals surface area contributed by atoms with Gasteiger partial charge in [-0.25, -0.2) is 4.79 Å². The van der Waals surface area contributed by atoms with Crippen molar-refractivity contribution in [3.63, 3.8) is 0 Å². The van der Waals surface area contributed by atoms with Crippen LogP contribution in [0, 0.1) is 11.8 Å². The van der Waals surface area contributed by atoms with Crippen molar-refractivity contribution in [3.05, 3.63) is 76.4 Å². The standard InChI is InChI=1S/C29H25NO2/c31-28-17-26-21(16-22-18-29(26,32-28)27-11-5-6-14-30(22)27)13-12-20-15-19-7-1-2-8-23(19)25-10-4-3-9-24(20)25/h1-2,4,7-8,10,15-17,22,27H,3,5-6,9,11,14,18H2/t22-,27?,29+/m1/s1. The Morgan fingerprint density at radius 1 is 1.16 bits per heavy atom. The number of piperidine rings is 1. The highest BCUT2D eigenvalue weighted by Crippen LogP contribution is 2.53. The van der Waals surface area contributed by atoms with Gasteiger partial charge in [0.25, 0.3) is 0 Å². The molecule has 2 aromatic carbocycles. The summed E-state index contributed by atoms with van der Waals surface area (Å²) in [7, 11) is 0. The first-order valence-corrected chi connectivity index (χ1v) is 11.9. The molecule has 3 aliphatic heterocycles. The summed E-state index contributed by atoms with van der Waals surface area (Å²) in [4.78, 5) is 15.0. The van der Waals surface area contributed by atoms with Crippen molar-refractivity contribution in [1.82, 2.24) is 4.90 Å². The normalized spacial score (nSPS) is 29.9. The zero-order valence-corrected chi connectivity index (χ0v) is 18.1. The number of hydrogen-bond acceptors (Lipinski definition) is 3. The topological polar surface area (TPSA) is 29.5 Å². The van der Waals surface area contributed by atoms with Crippen LogP contribution in [0.15, 0.2) is 59.7 Å². The Morgan fingerprint density at radius 3 is 3.06 bits per heavy atom. The van der Waals surface area contributed by atoms with Gasteiger partial charge in [-0.1, -0.05) is 60.8 Å². The molecular weight excluding hydrogens is 394 g/mol. The fourth-order valence-electron chi connectivity index (χ4n) is 6.72. The molecule has 2 fully saturated rings. The number of carbonyl (C=O) groups is 1. The van der Waals surface area contributed by atoms with E-state index in [-0.39, 0.29) is 5.97 Å². The van der Waals surface area contributed by atoms with Gasteiger partial charge in [-0.3, -0.25) is 4.90 Å². The molecule has 2 bridgehead atoms. The minimum Gasteiger partial charge on any atom is -0.449 e. The zero-order valence-electron chi connectivity index (χ0n) is 18.1. The molecule has 7 rings (SSSR count). The van der Waals surface area contributed by atoms with Gasteiger partial charge in [-0.05, 0) is 60.2 Å². The van der Waals surface area contributed by atoms with Crippen LogP contribution < -0.4 is 0 Å². The smallest absolute Gasteiger partial charge is 0.332 e. The van der Waals surface area contributed by atoms with Gasteiger partial charge in [-0.2, -0.15) is 0 Å². The van der Waals surface area contributed by atoms with E-state index in [1.54, 1.807) is 6.08 Å². The van der Waals surface area contributed by atoms with Gasteiger partial charge in [0, 0.05) is 35.2 Å². The molecule has 5 aliphatic rings. The molecule has 3 nitrogen and oxygen atoms in total. The highest BCUT2D eigenvalue weighted by Gasteiger charge is 2.61. The molecule has 3 heterocycles. The molecule has 1 unspecified atom stereocenters. The van der Waals surface area contributed by atoms with E-state index in [9.17, 15) is 4.79 Å². The number of hydrogen-bond donors (Lipinski definition) is 0. The molecule has 32 heavy (non-hydrogen) atoms. The summed E-state index contributed by atoms with van der Waals surface area (Å²) in [6.45, 7) is 1.09. The Hall–Kier alpha value is -3.09. The number of carbonyl (C=O) groups excluding carboxylic acids is 1. The minimum absolute atomic E-state index is 0.200. The van der Waals surface area contributed by atoms with Gasteiger partial charge >= 0.3 is 5.97 Å². The summed E-state index contributed by atoms with van der Waals surface area (Å²) in [5.74, 6) is 6.84. The predicted octanol–water partition coefficient (Wildman–Crippen LogP) is 4.94. The molecule has 0 amide bonds. The van der Waals surface area contributed by atoms with Gasteiger partial charge in [-0.15, -0.1) is 0 Å². The third-order valence-electron chi connectivity index (χ3n) is 8.05. The van der Waals surface area contributed by atoms with Crippen molar-refractivity contribution >= 4 is 22.8 Å². The summed E-state index contributed by atoms with van der Waals surface area (Å²) in [6, 6.07) is 11.4. The Kier molecular flexibility index (Phi) is 3.87. The van der Waals surface area contributed by atoms with E-state index in [4.69, 9.17) is 4.74 Å². The number of ether oxygens (including phenoxy) is 1. The first-order valence-electron chi connectivity index (χ1n) is 11.9. The van der Waals surface area contributed by atoms with E-state index in [0.717, 1.165) is 48.9 Å². The van der Waals surface area contributed by atoms with Crippen molar-refractivity contribution in [2.75, 3.05) is 6.54 Å². The summed E-state index contributed by atoms with van der Waals surface area (Å²) >= 11 is 0. The summed E-state index contributed by atoms with van der Waals surface area (Å²) in [6.07, 6.45) is 15.0. The largest absolute Gasteiger partial charge is 0.449 e. The van der Waals surface area contributed by atoms with E-state index in [1.165, 1.54) is 34.7 Å². The Bertz CT molecular complexity index is 1330. The van der Waals surface area contributed by atoms with E-state index in [1.807, 2.05) is 0 Å². The second-order valence-corrected chi connectivity index (χ2v) is 9.70. The van der Waals surface area contributed by atoms with E-state index >= 15 is 0 Å². The summed E-state index contributed by atoms with van der Waals surface area (Å²) in [5.41, 5.74) is 5.30. The second kappa shape index (κ2) is 6.70. The van der Waals surface area contributed by atoms with Crippen LogP contribution in [-0.4, -0.2) is 35.1 Å². The van der Waals surface area contributed by atoms with Crippen molar-refractivity contribution in [2.45, 2.75) is 56.2 Å². The Balaban J connectivity index is 1.36. The van der Waals surface area contributed by atoms with E-state index in [0.29, 0.717) is 12.1 Å². The molecule has 0 aromatic heterocycles. The summed E-state index contributed by atoms with van der Waals surface area (Å²) in [5, 5.41) is 2.53. The lowest BCUT2D eigenvalue weighted by Crippen LogP contribution is -2.48. The molecule has 2 aromatic rings. The molecule has 2 saturated heterocycles. The van der Waals surface area contributed by atoms with E-state index in [2.05, 4.69) is 65.3 Å². The van der Waals surface area contributed by atoms with Crippen molar-refractivity contribution in [2.24, 2.45) is 0 Å². The lowest BCUT2D eigenvalue weighted by molar-refractivity contribution is -0.148. The average molecular weight is 420 g/mol. The molecule has 3 heteroatoms. The fourth-order valence-corrected chi connectivity index (χ4v) is 6.72. The first kappa shape index (κ1) is 18.5. The second-order valence-electron chi connectivity index (χ2n) is 9.70. The van der Waals surface area contributed by atoms with Gasteiger partial charge in [0.1, 0.15) is 0 Å². The van der Waals surface area contributed by atoms with Crippen molar-refractivity contribution in [3.8, 4) is 11.8 Å². The Labute approximate surface area is 188 Å². The SMILES string of the molecule is O=C1C=C2C(C#Cc3cc4ccccc4c4c3CCC=C4)=C[C@@H]3C[C@@]2(O1)C1CCCCN13. The van der Waals surface area contributed by atoms with Gasteiger partial charge in [0.15, 0.2) is 5.60 Å². The van der Waals surface area contributed by atoms with Crippen molar-refractivity contribution in [1.29, 1.82) is 0 Å². The highest BCUT2D eigenvalue weighted by molar-refractivity contribution is 5.94. The van der Waals surface area contributed by atoms with Crippen LogP contribution in [0.3, 0.4) is 0 Å². The van der Waals surface area contributed by atoms with Crippen LogP contribution in [-0.2, 0) is 16.0 Å². The van der Waals surface area contributed by atoms with Crippen LogP contribution in [0.1, 0.15) is 48.8 Å². The van der Waals surface area contributed by atoms with Crippen LogP contribution >= 0.6 is 0 Å². The molecule has 158 valence electrons. The Morgan fingerprint density at radius 2 is 2.09 bits per heavy atom. The van der Waals surface area contributed by atoms with Crippen LogP contribution in [0.25, 0.3) is 16.8 Å². The lowest BCUT2D eigenvalue weighted by atomic mass is 9.77. The minimum atomic E-state index is -0.480. The van der Waals surface area contributed by atoms with Crippen LogP contribution in [0.5, 0.6) is 0 Å². The molecule has 3 atom stereocenters. The monoisotopic (exact) mass is 419 g/mol. The maximum Gasteiger partial charge on any atom is 0.332 e. The maximum absolute atomic E-state index is 12.4. The van der Waals surface area contributed by atoms with Gasteiger partial charge < -0.3 is 4.74 Å². The average Bonchev–Trinajstić information content (AvgIpc) is 3.31. The van der Waals surface area contributed by atoms with Crippen LogP contribution in [0.2, 0.25) is 0 Å². The number of allylic oxidation sites excluding steroid dienone is 1. The molecule has 2 aliphatic carbocycles. The number of nitrogens with zero attached hydrogens (tertiary/aromatic N) is 1. The predicted molar refractivity (Wildman–Crippen MR) is 126 cm³/mol.